The molecule has 0 amide bonds. The van der Waals surface area contributed by atoms with Crippen LogP contribution in [0.25, 0.3) is 0 Å². The molecule has 3 nitrogen and oxygen atoms in total. The van der Waals surface area contributed by atoms with Crippen molar-refractivity contribution in [2.24, 2.45) is 4.99 Å². The minimum Gasteiger partial charge on any atom is -0.336 e. The Morgan fingerprint density at radius 2 is 2.12 bits per heavy atom. The van der Waals surface area contributed by atoms with Crippen molar-refractivity contribution in [2.45, 2.75) is 38.8 Å². The number of fused-ring (bicyclic) bond motifs is 1. The maximum atomic E-state index is 4.89. The summed E-state index contributed by atoms with van der Waals surface area (Å²) in [6.07, 6.45) is 3.97. The van der Waals surface area contributed by atoms with E-state index in [9.17, 15) is 0 Å². The molecule has 1 aromatic heterocycles. The number of anilines is 1. The molecule has 0 saturated carbocycles. The quantitative estimate of drug-likeness (QED) is 0.827. The van der Waals surface area contributed by atoms with Crippen LogP contribution >= 0.6 is 11.3 Å². The number of thiophene rings is 1. The van der Waals surface area contributed by atoms with E-state index in [1.54, 1.807) is 11.3 Å². The highest BCUT2D eigenvalue weighted by Gasteiger charge is 2.38. The maximum Gasteiger partial charge on any atom is 0.140 e. The van der Waals surface area contributed by atoms with Crippen molar-refractivity contribution in [3.05, 3.63) is 17.0 Å². The van der Waals surface area contributed by atoms with Crippen molar-refractivity contribution >= 4 is 22.2 Å². The molecule has 1 N–H and O–H groups in total. The zero-order valence-corrected chi connectivity index (χ0v) is 11.3. The molecule has 0 aliphatic carbocycles. The summed E-state index contributed by atoms with van der Waals surface area (Å²) < 4.78 is 0. The summed E-state index contributed by atoms with van der Waals surface area (Å²) in [4.78, 5) is 7.42. The summed E-state index contributed by atoms with van der Waals surface area (Å²) in [5.41, 5.74) is 1.19. The lowest BCUT2D eigenvalue weighted by Gasteiger charge is -2.43. The van der Waals surface area contributed by atoms with Crippen LogP contribution in [0.3, 0.4) is 0 Å². The van der Waals surface area contributed by atoms with Gasteiger partial charge in [0, 0.05) is 18.7 Å². The Bertz CT molecular complexity index is 445. The Morgan fingerprint density at radius 3 is 2.88 bits per heavy atom. The van der Waals surface area contributed by atoms with Gasteiger partial charge in [-0.2, -0.15) is 0 Å². The number of rotatable bonds is 1. The first-order valence-electron chi connectivity index (χ1n) is 6.37. The molecule has 2 aliphatic heterocycles. The Morgan fingerprint density at radius 1 is 1.35 bits per heavy atom. The van der Waals surface area contributed by atoms with Crippen LogP contribution in [0.5, 0.6) is 0 Å². The largest absolute Gasteiger partial charge is 0.336 e. The first-order chi connectivity index (χ1) is 8.20. The third kappa shape index (κ3) is 1.79. The van der Waals surface area contributed by atoms with Gasteiger partial charge in [0.25, 0.3) is 0 Å². The first kappa shape index (κ1) is 11.2. The molecular formula is C13H19N3S. The molecular weight excluding hydrogens is 230 g/mol. The van der Waals surface area contributed by atoms with E-state index >= 15 is 0 Å². The van der Waals surface area contributed by atoms with Crippen LogP contribution in [0.2, 0.25) is 0 Å². The van der Waals surface area contributed by atoms with Gasteiger partial charge in [-0.1, -0.05) is 6.42 Å². The number of piperidine rings is 1. The first-order valence-corrected chi connectivity index (χ1v) is 7.24. The molecule has 0 aromatic carbocycles. The van der Waals surface area contributed by atoms with E-state index in [4.69, 9.17) is 4.99 Å². The van der Waals surface area contributed by atoms with Gasteiger partial charge < -0.3 is 5.32 Å². The van der Waals surface area contributed by atoms with Gasteiger partial charge in [-0.3, -0.25) is 4.90 Å². The number of hydrogen-bond donors (Lipinski definition) is 1. The summed E-state index contributed by atoms with van der Waals surface area (Å²) in [5.74, 6) is 1.04. The summed E-state index contributed by atoms with van der Waals surface area (Å²) in [6.45, 7) is 6.66. The average Bonchev–Trinajstić information content (AvgIpc) is 2.79. The van der Waals surface area contributed by atoms with E-state index in [2.05, 4.69) is 35.5 Å². The number of hydrogen-bond acceptors (Lipinski definition) is 4. The molecule has 92 valence electrons. The van der Waals surface area contributed by atoms with E-state index in [1.807, 2.05) is 0 Å². The van der Waals surface area contributed by atoms with E-state index in [0.29, 0.717) is 0 Å². The molecule has 1 atom stereocenters. The fraction of sp³-hybridized carbons (Fsp3) is 0.615. The fourth-order valence-electron chi connectivity index (χ4n) is 2.93. The molecule has 0 radical (unpaired) electrons. The van der Waals surface area contributed by atoms with Gasteiger partial charge in [-0.25, -0.2) is 4.99 Å². The number of nitrogens with zero attached hydrogens (tertiary/aromatic N) is 2. The molecule has 2 aliphatic rings. The predicted octanol–water partition coefficient (Wildman–Crippen LogP) is 3.25. The van der Waals surface area contributed by atoms with E-state index in [1.165, 1.54) is 42.9 Å². The number of likely N-dealkylation sites (tertiary alicyclic amines) is 1. The summed E-state index contributed by atoms with van der Waals surface area (Å²) in [7, 11) is 0. The molecule has 4 heteroatoms. The molecule has 3 heterocycles. The Balaban J connectivity index is 2.01. The molecule has 1 unspecified atom stereocenters. The van der Waals surface area contributed by atoms with Gasteiger partial charge in [0.05, 0.1) is 0 Å². The zero-order chi connectivity index (χ0) is 11.9. The van der Waals surface area contributed by atoms with Gasteiger partial charge in [0.2, 0.25) is 0 Å². The predicted molar refractivity (Wildman–Crippen MR) is 73.8 cm³/mol. The topological polar surface area (TPSA) is 27.6 Å². The Kier molecular flexibility index (Phi) is 2.71. The zero-order valence-electron chi connectivity index (χ0n) is 10.5. The second-order valence-corrected chi connectivity index (χ2v) is 5.97. The van der Waals surface area contributed by atoms with E-state index < -0.39 is 0 Å². The normalized spacial score (nSPS) is 29.4. The van der Waals surface area contributed by atoms with Gasteiger partial charge in [-0.15, -0.1) is 11.3 Å². The van der Waals surface area contributed by atoms with Crippen LogP contribution in [0.1, 0.15) is 38.7 Å². The lowest BCUT2D eigenvalue weighted by molar-refractivity contribution is 0.0861. The molecule has 1 saturated heterocycles. The van der Waals surface area contributed by atoms with Crippen LogP contribution in [0, 0.1) is 0 Å². The van der Waals surface area contributed by atoms with Crippen molar-refractivity contribution in [3.8, 4) is 0 Å². The Hall–Kier alpha value is -0.870. The second kappa shape index (κ2) is 4.10. The standard InChI is InChI=1S/C13H19N3S/c1-10-14-12-11(6-9-17-12)13(2,15-10)16-7-4-3-5-8-16/h6,9H,3-5,7-8H2,1-2H3,(H,14,15). The lowest BCUT2D eigenvalue weighted by Crippen LogP contribution is -2.47. The third-order valence-electron chi connectivity index (χ3n) is 3.83. The van der Waals surface area contributed by atoms with Crippen molar-refractivity contribution in [1.82, 2.24) is 4.90 Å². The van der Waals surface area contributed by atoms with Gasteiger partial charge in [-0.05, 0) is 38.1 Å². The maximum absolute atomic E-state index is 4.89. The lowest BCUT2D eigenvalue weighted by atomic mass is 9.97. The highest BCUT2D eigenvalue weighted by Crippen LogP contribution is 2.41. The molecule has 0 bridgehead atoms. The Labute approximate surface area is 107 Å². The molecule has 1 fully saturated rings. The molecule has 1 aromatic rings. The number of aliphatic imine (C=N–C) groups is 1. The van der Waals surface area contributed by atoms with Crippen molar-refractivity contribution in [3.63, 3.8) is 0 Å². The van der Waals surface area contributed by atoms with Crippen molar-refractivity contribution < 1.29 is 0 Å². The van der Waals surface area contributed by atoms with Gasteiger partial charge >= 0.3 is 0 Å². The van der Waals surface area contributed by atoms with E-state index in [-0.39, 0.29) is 5.66 Å². The van der Waals surface area contributed by atoms with Gasteiger partial charge in [0.15, 0.2) is 0 Å². The van der Waals surface area contributed by atoms with Crippen LogP contribution in [0.15, 0.2) is 16.4 Å². The summed E-state index contributed by atoms with van der Waals surface area (Å²) >= 11 is 1.78. The van der Waals surface area contributed by atoms with Crippen molar-refractivity contribution in [1.29, 1.82) is 0 Å². The SMILES string of the molecule is CC1=NC(C)(N2CCCCC2)c2ccsc2N1. The number of amidine groups is 1. The smallest absolute Gasteiger partial charge is 0.140 e. The fourth-order valence-corrected chi connectivity index (χ4v) is 3.86. The second-order valence-electron chi connectivity index (χ2n) is 5.05. The van der Waals surface area contributed by atoms with E-state index in [0.717, 1.165) is 5.84 Å². The van der Waals surface area contributed by atoms with Crippen LogP contribution < -0.4 is 5.32 Å². The van der Waals surface area contributed by atoms with Gasteiger partial charge in [0.1, 0.15) is 16.5 Å². The van der Waals surface area contributed by atoms with Crippen molar-refractivity contribution in [2.75, 3.05) is 18.4 Å². The molecule has 17 heavy (non-hydrogen) atoms. The minimum absolute atomic E-state index is 0.148. The summed E-state index contributed by atoms with van der Waals surface area (Å²) in [6, 6.07) is 2.22. The average molecular weight is 249 g/mol. The highest BCUT2D eigenvalue weighted by atomic mass is 32.1. The third-order valence-corrected chi connectivity index (χ3v) is 4.66. The van der Waals surface area contributed by atoms with Crippen LogP contribution in [-0.4, -0.2) is 23.8 Å². The molecule has 3 rings (SSSR count). The van der Waals surface area contributed by atoms with Crippen LogP contribution in [0.4, 0.5) is 5.00 Å². The van der Waals surface area contributed by atoms with Crippen LogP contribution in [-0.2, 0) is 5.66 Å². The molecule has 0 spiro atoms. The number of nitrogens with one attached hydrogen (secondary N) is 1. The monoisotopic (exact) mass is 249 g/mol. The highest BCUT2D eigenvalue weighted by molar-refractivity contribution is 7.14. The minimum atomic E-state index is -0.148. The summed E-state index contributed by atoms with van der Waals surface area (Å²) in [5, 5.41) is 6.81.